The van der Waals surface area contributed by atoms with Crippen LogP contribution in [0.15, 0.2) is 39.5 Å². The van der Waals surface area contributed by atoms with E-state index in [1.54, 1.807) is 12.1 Å². The highest BCUT2D eigenvalue weighted by molar-refractivity contribution is 9.11. The highest BCUT2D eigenvalue weighted by Crippen LogP contribution is 2.23. The molecule has 0 bridgehead atoms. The van der Waals surface area contributed by atoms with Gasteiger partial charge in [-0.15, -0.1) is 11.3 Å². The molecule has 1 aliphatic heterocycles. The van der Waals surface area contributed by atoms with Crippen molar-refractivity contribution >= 4 is 38.9 Å². The maximum atomic E-state index is 12.4. The molecule has 21 heavy (non-hydrogen) atoms. The van der Waals surface area contributed by atoms with E-state index in [-0.39, 0.29) is 11.7 Å². The number of thiophene rings is 1. The molecule has 1 amide bonds. The summed E-state index contributed by atoms with van der Waals surface area (Å²) < 4.78 is 0.980. The summed E-state index contributed by atoms with van der Waals surface area (Å²) in [4.78, 5) is 16.5. The molecule has 0 saturated carbocycles. The molecule has 0 unspecified atom stereocenters. The number of rotatable bonds is 2. The lowest BCUT2D eigenvalue weighted by Gasteiger charge is -2.36. The second-order valence-corrected chi connectivity index (χ2v) is 7.23. The topological polar surface area (TPSA) is 43.8 Å². The van der Waals surface area contributed by atoms with Gasteiger partial charge < -0.3 is 14.9 Å². The number of phenols is 1. The van der Waals surface area contributed by atoms with E-state index in [0.717, 1.165) is 28.1 Å². The van der Waals surface area contributed by atoms with Crippen LogP contribution >= 0.6 is 27.3 Å². The molecule has 0 spiro atoms. The van der Waals surface area contributed by atoms with Crippen molar-refractivity contribution in [3.8, 4) is 5.75 Å². The Hall–Kier alpha value is -1.53. The van der Waals surface area contributed by atoms with Crippen LogP contribution in [0.2, 0.25) is 0 Å². The molecule has 110 valence electrons. The van der Waals surface area contributed by atoms with Crippen LogP contribution < -0.4 is 4.90 Å². The van der Waals surface area contributed by atoms with Gasteiger partial charge in [0.2, 0.25) is 0 Å². The predicted molar refractivity (Wildman–Crippen MR) is 88.2 cm³/mol. The van der Waals surface area contributed by atoms with Crippen molar-refractivity contribution in [3.05, 3.63) is 45.1 Å². The normalized spacial score (nSPS) is 15.3. The van der Waals surface area contributed by atoms with Crippen molar-refractivity contribution < 1.29 is 9.90 Å². The number of carbonyl (C=O) groups excluding carboxylic acids is 1. The number of piperazine rings is 1. The fourth-order valence-electron chi connectivity index (χ4n) is 2.44. The lowest BCUT2D eigenvalue weighted by molar-refractivity contribution is 0.0747. The first-order chi connectivity index (χ1) is 10.1. The number of phenolic OH excluding ortho intramolecular Hbond substituents is 1. The third-order valence-electron chi connectivity index (χ3n) is 3.60. The van der Waals surface area contributed by atoms with E-state index in [0.29, 0.717) is 13.1 Å². The van der Waals surface area contributed by atoms with Gasteiger partial charge >= 0.3 is 0 Å². The summed E-state index contributed by atoms with van der Waals surface area (Å²) in [5.41, 5.74) is 1.84. The Bertz CT molecular complexity index is 633. The summed E-state index contributed by atoms with van der Waals surface area (Å²) in [6.07, 6.45) is 0. The highest BCUT2D eigenvalue weighted by atomic mass is 79.9. The molecule has 0 radical (unpaired) electrons. The van der Waals surface area contributed by atoms with Gasteiger partial charge in [0.1, 0.15) is 5.75 Å². The third kappa shape index (κ3) is 3.22. The van der Waals surface area contributed by atoms with Gasteiger partial charge in [-0.2, -0.15) is 0 Å². The summed E-state index contributed by atoms with van der Waals surface area (Å²) >= 11 is 4.92. The van der Waals surface area contributed by atoms with Crippen LogP contribution in [0.5, 0.6) is 5.75 Å². The second kappa shape index (κ2) is 6.07. The van der Waals surface area contributed by atoms with E-state index >= 15 is 0 Å². The lowest BCUT2D eigenvalue weighted by atomic mass is 10.2. The zero-order valence-electron chi connectivity index (χ0n) is 11.3. The third-order valence-corrected chi connectivity index (χ3v) is 5.10. The number of halogens is 1. The zero-order valence-corrected chi connectivity index (χ0v) is 13.7. The monoisotopic (exact) mass is 366 g/mol. The first-order valence-electron chi connectivity index (χ1n) is 6.71. The molecular formula is C15H15BrN2O2S. The summed E-state index contributed by atoms with van der Waals surface area (Å²) in [6.45, 7) is 3.05. The largest absolute Gasteiger partial charge is 0.508 e. The maximum Gasteiger partial charge on any atom is 0.254 e. The van der Waals surface area contributed by atoms with Crippen LogP contribution in [0.3, 0.4) is 0 Å². The van der Waals surface area contributed by atoms with Gasteiger partial charge in [0.25, 0.3) is 5.91 Å². The van der Waals surface area contributed by atoms with Crippen LogP contribution in [-0.4, -0.2) is 42.1 Å². The van der Waals surface area contributed by atoms with E-state index < -0.39 is 0 Å². The molecule has 0 aliphatic carbocycles. The van der Waals surface area contributed by atoms with Gasteiger partial charge in [0, 0.05) is 37.2 Å². The van der Waals surface area contributed by atoms with Crippen LogP contribution in [0.1, 0.15) is 10.4 Å². The molecule has 1 aromatic heterocycles. The fraction of sp³-hybridized carbons (Fsp3) is 0.267. The Morgan fingerprint density at radius 3 is 2.38 bits per heavy atom. The Morgan fingerprint density at radius 1 is 1.14 bits per heavy atom. The van der Waals surface area contributed by atoms with Gasteiger partial charge in [-0.3, -0.25) is 4.79 Å². The van der Waals surface area contributed by atoms with Crippen molar-refractivity contribution in [2.75, 3.05) is 31.1 Å². The molecule has 0 atom stereocenters. The van der Waals surface area contributed by atoms with Crippen molar-refractivity contribution in [2.24, 2.45) is 0 Å². The Labute approximate surface area is 135 Å². The highest BCUT2D eigenvalue weighted by Gasteiger charge is 2.22. The molecule has 1 N–H and O–H groups in total. The number of nitrogens with zero attached hydrogens (tertiary/aromatic N) is 2. The van der Waals surface area contributed by atoms with Gasteiger partial charge in [-0.1, -0.05) is 0 Å². The van der Waals surface area contributed by atoms with Crippen molar-refractivity contribution in [3.63, 3.8) is 0 Å². The first-order valence-corrected chi connectivity index (χ1v) is 8.38. The minimum absolute atomic E-state index is 0.0994. The quantitative estimate of drug-likeness (QED) is 0.887. The molecular weight excluding hydrogens is 352 g/mol. The molecule has 2 aromatic rings. The molecule has 1 saturated heterocycles. The number of hydrogen-bond donors (Lipinski definition) is 1. The maximum absolute atomic E-state index is 12.4. The number of carbonyl (C=O) groups is 1. The number of anilines is 1. The molecule has 3 rings (SSSR count). The molecule has 4 nitrogen and oxygen atoms in total. The van der Waals surface area contributed by atoms with Crippen LogP contribution in [0, 0.1) is 0 Å². The summed E-state index contributed by atoms with van der Waals surface area (Å²) in [5, 5.41) is 11.2. The molecule has 2 heterocycles. The van der Waals surface area contributed by atoms with Crippen molar-refractivity contribution in [2.45, 2.75) is 0 Å². The van der Waals surface area contributed by atoms with Gasteiger partial charge in [-0.25, -0.2) is 0 Å². The van der Waals surface area contributed by atoms with Gasteiger partial charge in [0.15, 0.2) is 0 Å². The van der Waals surface area contributed by atoms with E-state index in [4.69, 9.17) is 0 Å². The smallest absolute Gasteiger partial charge is 0.254 e. The molecule has 1 aliphatic rings. The number of hydrogen-bond acceptors (Lipinski definition) is 4. The minimum Gasteiger partial charge on any atom is -0.508 e. The SMILES string of the molecule is O=C(c1csc(Br)c1)N1CCN(c2ccc(O)cc2)CC1. The van der Waals surface area contributed by atoms with Gasteiger partial charge in [-0.05, 0) is 46.3 Å². The molecule has 6 heteroatoms. The second-order valence-electron chi connectivity index (χ2n) is 4.94. The van der Waals surface area contributed by atoms with E-state index in [1.807, 2.05) is 28.5 Å². The van der Waals surface area contributed by atoms with Crippen molar-refractivity contribution in [1.29, 1.82) is 0 Å². The van der Waals surface area contributed by atoms with Crippen LogP contribution in [0.25, 0.3) is 0 Å². The van der Waals surface area contributed by atoms with Crippen molar-refractivity contribution in [1.82, 2.24) is 4.90 Å². The van der Waals surface area contributed by atoms with E-state index in [9.17, 15) is 9.90 Å². The molecule has 1 aromatic carbocycles. The fourth-order valence-corrected chi connectivity index (χ4v) is 3.57. The lowest BCUT2D eigenvalue weighted by Crippen LogP contribution is -2.48. The summed E-state index contributed by atoms with van der Waals surface area (Å²) in [7, 11) is 0. The standard InChI is InChI=1S/C15H15BrN2O2S/c16-14-9-11(10-21-14)15(20)18-7-5-17(6-8-18)12-1-3-13(19)4-2-12/h1-4,9-10,19H,5-8H2. The average Bonchev–Trinajstić information content (AvgIpc) is 2.94. The van der Waals surface area contributed by atoms with Gasteiger partial charge in [0.05, 0.1) is 9.35 Å². The predicted octanol–water partition coefficient (Wildman–Crippen LogP) is 3.18. The molecule has 1 fully saturated rings. The summed E-state index contributed by atoms with van der Waals surface area (Å²) in [6, 6.07) is 9.07. The first kappa shape index (κ1) is 14.4. The van der Waals surface area contributed by atoms with E-state index in [2.05, 4.69) is 20.8 Å². The van der Waals surface area contributed by atoms with Crippen LogP contribution in [0.4, 0.5) is 5.69 Å². The Balaban J connectivity index is 1.62. The Kier molecular flexibility index (Phi) is 4.17. The Morgan fingerprint density at radius 2 is 1.81 bits per heavy atom. The zero-order chi connectivity index (χ0) is 14.8. The minimum atomic E-state index is 0.0994. The number of aromatic hydroxyl groups is 1. The van der Waals surface area contributed by atoms with Crippen LogP contribution in [-0.2, 0) is 0 Å². The number of amides is 1. The van der Waals surface area contributed by atoms with E-state index in [1.165, 1.54) is 11.3 Å². The summed E-state index contributed by atoms with van der Waals surface area (Å²) in [5.74, 6) is 0.373. The average molecular weight is 367 g/mol. The number of benzene rings is 1.